The molecule has 8 heteroatoms. The van der Waals surface area contributed by atoms with Crippen LogP contribution >= 0.6 is 0 Å². The Labute approximate surface area is 139 Å². The number of hydrogen-bond donors (Lipinski definition) is 1. The van der Waals surface area contributed by atoms with Crippen molar-refractivity contribution in [2.24, 2.45) is 0 Å². The molecule has 0 saturated carbocycles. The van der Waals surface area contributed by atoms with Gasteiger partial charge in [0, 0.05) is 11.8 Å². The van der Waals surface area contributed by atoms with Crippen LogP contribution in [-0.4, -0.2) is 57.8 Å². The van der Waals surface area contributed by atoms with E-state index in [1.54, 1.807) is 24.3 Å². The molecule has 0 unspecified atom stereocenters. The summed E-state index contributed by atoms with van der Waals surface area (Å²) in [6.07, 6.45) is 0. The Morgan fingerprint density at radius 3 is 2.67 bits per heavy atom. The Hall–Kier alpha value is -2.58. The first-order chi connectivity index (χ1) is 11.6. The molecule has 130 valence electrons. The molecule has 0 saturated heterocycles. The number of anilines is 1. The van der Waals surface area contributed by atoms with Crippen LogP contribution in [0, 0.1) is 0 Å². The maximum absolute atomic E-state index is 12.2. The molecule has 2 rings (SSSR count). The second kappa shape index (κ2) is 8.32. The zero-order chi connectivity index (χ0) is 17.5. The third-order valence-electron chi connectivity index (χ3n) is 3.32. The molecule has 0 aliphatic carbocycles. The van der Waals surface area contributed by atoms with E-state index < -0.39 is 11.9 Å². The summed E-state index contributed by atoms with van der Waals surface area (Å²) >= 11 is 0. The Morgan fingerprint density at radius 1 is 1.25 bits per heavy atom. The molecule has 0 amide bonds. The van der Waals surface area contributed by atoms with E-state index in [9.17, 15) is 9.59 Å². The molecule has 1 aromatic carbocycles. The van der Waals surface area contributed by atoms with Gasteiger partial charge in [-0.3, -0.25) is 0 Å². The van der Waals surface area contributed by atoms with Gasteiger partial charge in [-0.1, -0.05) is 6.07 Å². The Balaban J connectivity index is 2.43. The van der Waals surface area contributed by atoms with Gasteiger partial charge in [0.1, 0.15) is 24.8 Å². The van der Waals surface area contributed by atoms with Crippen molar-refractivity contribution < 1.29 is 33.6 Å². The quantitative estimate of drug-likeness (QED) is 0.748. The fourth-order valence-electron chi connectivity index (χ4n) is 2.25. The summed E-state index contributed by atoms with van der Waals surface area (Å²) in [5.41, 5.74) is 0.721. The number of rotatable bonds is 6. The number of ether oxygens (including phenoxy) is 4. The van der Waals surface area contributed by atoms with Crippen LogP contribution in [0.2, 0.25) is 0 Å². The van der Waals surface area contributed by atoms with Gasteiger partial charge in [-0.25, -0.2) is 9.59 Å². The molecule has 1 aromatic rings. The molecular weight excluding hydrogens is 318 g/mol. The van der Waals surface area contributed by atoms with Crippen LogP contribution in [0.4, 0.5) is 5.69 Å². The van der Waals surface area contributed by atoms with Gasteiger partial charge in [0.2, 0.25) is 0 Å². The van der Waals surface area contributed by atoms with Crippen molar-refractivity contribution in [1.29, 1.82) is 0 Å². The number of carbonyl (C=O) groups excluding carboxylic acids is 2. The zero-order valence-corrected chi connectivity index (χ0v) is 13.5. The smallest absolute Gasteiger partial charge is 0.355 e. The van der Waals surface area contributed by atoms with E-state index in [-0.39, 0.29) is 37.8 Å². The van der Waals surface area contributed by atoms with Gasteiger partial charge in [0.15, 0.2) is 0 Å². The van der Waals surface area contributed by atoms with Gasteiger partial charge in [-0.05, 0) is 12.1 Å². The third-order valence-corrected chi connectivity index (χ3v) is 3.32. The van der Waals surface area contributed by atoms with E-state index in [2.05, 4.69) is 0 Å². The molecule has 1 N–H and O–H groups in total. The van der Waals surface area contributed by atoms with Gasteiger partial charge in [-0.15, -0.1) is 0 Å². The molecular formula is C16H19NO7. The Bertz CT molecular complexity index is 641. The maximum Gasteiger partial charge on any atom is 0.355 e. The Morgan fingerprint density at radius 2 is 2.00 bits per heavy atom. The van der Waals surface area contributed by atoms with Crippen molar-refractivity contribution in [2.45, 2.75) is 0 Å². The van der Waals surface area contributed by atoms with Crippen LogP contribution in [0.1, 0.15) is 0 Å². The van der Waals surface area contributed by atoms with Gasteiger partial charge in [0.05, 0.1) is 33.0 Å². The largest absolute Gasteiger partial charge is 0.491 e. The fourth-order valence-corrected chi connectivity index (χ4v) is 2.25. The number of esters is 2. The van der Waals surface area contributed by atoms with Crippen molar-refractivity contribution in [1.82, 2.24) is 0 Å². The van der Waals surface area contributed by atoms with Gasteiger partial charge >= 0.3 is 11.9 Å². The number of hydrogen-bond acceptors (Lipinski definition) is 8. The molecule has 1 aliphatic rings. The molecule has 0 aromatic heterocycles. The van der Waals surface area contributed by atoms with Crippen LogP contribution in [0.15, 0.2) is 35.5 Å². The van der Waals surface area contributed by atoms with Crippen molar-refractivity contribution >= 4 is 17.6 Å². The molecule has 8 nitrogen and oxygen atoms in total. The molecule has 0 fully saturated rings. The summed E-state index contributed by atoms with van der Waals surface area (Å²) in [4.78, 5) is 25.6. The topological polar surface area (TPSA) is 94.5 Å². The standard InChI is InChI=1S/C16H19NO7/c1-21-15(19)13-9-23-10-17(14(13)16(20)22-2)11-4-3-5-12(8-11)24-7-6-18/h3-5,8,18H,6-7,9-10H2,1-2H3. The zero-order valence-electron chi connectivity index (χ0n) is 13.5. The van der Waals surface area contributed by atoms with Crippen LogP contribution in [0.25, 0.3) is 0 Å². The predicted molar refractivity (Wildman–Crippen MR) is 83.4 cm³/mol. The fraction of sp³-hybridized carbons (Fsp3) is 0.375. The lowest BCUT2D eigenvalue weighted by Gasteiger charge is -2.31. The number of aliphatic hydroxyl groups excluding tert-OH is 1. The average Bonchev–Trinajstić information content (AvgIpc) is 2.64. The van der Waals surface area contributed by atoms with Crippen molar-refractivity contribution in [3.8, 4) is 5.75 Å². The van der Waals surface area contributed by atoms with Gasteiger partial charge in [0.25, 0.3) is 0 Å². The van der Waals surface area contributed by atoms with Crippen molar-refractivity contribution in [2.75, 3.05) is 45.7 Å². The minimum atomic E-state index is -0.666. The number of methoxy groups -OCH3 is 2. The van der Waals surface area contributed by atoms with E-state index >= 15 is 0 Å². The SMILES string of the molecule is COC(=O)C1=C(C(=O)OC)N(c2cccc(OCCO)c2)COC1. The monoisotopic (exact) mass is 337 g/mol. The maximum atomic E-state index is 12.2. The van der Waals surface area contributed by atoms with Gasteiger partial charge < -0.3 is 29.0 Å². The first-order valence-corrected chi connectivity index (χ1v) is 7.21. The van der Waals surface area contributed by atoms with Crippen molar-refractivity contribution in [3.05, 3.63) is 35.5 Å². The highest BCUT2D eigenvalue weighted by molar-refractivity contribution is 6.03. The van der Waals surface area contributed by atoms with Crippen LogP contribution in [-0.2, 0) is 23.8 Å². The molecule has 0 atom stereocenters. The summed E-state index contributed by atoms with van der Waals surface area (Å²) in [6.45, 7) is 0.0482. The lowest BCUT2D eigenvalue weighted by atomic mass is 10.1. The van der Waals surface area contributed by atoms with E-state index in [1.165, 1.54) is 19.1 Å². The number of carbonyl (C=O) groups is 2. The molecule has 1 aliphatic heterocycles. The summed E-state index contributed by atoms with van der Waals surface area (Å²) in [5.74, 6) is -0.816. The minimum Gasteiger partial charge on any atom is -0.491 e. The first-order valence-electron chi connectivity index (χ1n) is 7.21. The number of benzene rings is 1. The van der Waals surface area contributed by atoms with E-state index in [4.69, 9.17) is 24.1 Å². The average molecular weight is 337 g/mol. The summed E-state index contributed by atoms with van der Waals surface area (Å²) in [7, 11) is 2.46. The molecule has 1 heterocycles. The highest BCUT2D eigenvalue weighted by atomic mass is 16.5. The molecule has 0 radical (unpaired) electrons. The second-order valence-electron chi connectivity index (χ2n) is 4.79. The van der Waals surface area contributed by atoms with E-state index in [0.29, 0.717) is 11.4 Å². The lowest BCUT2D eigenvalue weighted by Crippen LogP contribution is -2.38. The number of aliphatic hydroxyl groups is 1. The van der Waals surface area contributed by atoms with E-state index in [0.717, 1.165) is 0 Å². The lowest BCUT2D eigenvalue weighted by molar-refractivity contribution is -0.140. The highest BCUT2D eigenvalue weighted by Gasteiger charge is 2.32. The van der Waals surface area contributed by atoms with Crippen LogP contribution in [0.5, 0.6) is 5.75 Å². The third kappa shape index (κ3) is 3.84. The summed E-state index contributed by atoms with van der Waals surface area (Å²) < 4.78 is 20.3. The molecule has 24 heavy (non-hydrogen) atoms. The molecule has 0 spiro atoms. The van der Waals surface area contributed by atoms with Gasteiger partial charge in [-0.2, -0.15) is 0 Å². The first kappa shape index (κ1) is 17.8. The van der Waals surface area contributed by atoms with Crippen LogP contribution in [0.3, 0.4) is 0 Å². The van der Waals surface area contributed by atoms with Crippen molar-refractivity contribution in [3.63, 3.8) is 0 Å². The Kier molecular flexibility index (Phi) is 6.16. The molecule has 0 bridgehead atoms. The second-order valence-corrected chi connectivity index (χ2v) is 4.79. The predicted octanol–water partition coefficient (Wildman–Crippen LogP) is 0.452. The summed E-state index contributed by atoms with van der Waals surface area (Å²) in [6, 6.07) is 6.84. The number of nitrogens with zero attached hydrogens (tertiary/aromatic N) is 1. The van der Waals surface area contributed by atoms with E-state index in [1.807, 2.05) is 0 Å². The normalized spacial score (nSPS) is 14.4. The highest BCUT2D eigenvalue weighted by Crippen LogP contribution is 2.29. The minimum absolute atomic E-state index is 0.0473. The van der Waals surface area contributed by atoms with Crippen LogP contribution < -0.4 is 9.64 Å². The summed E-state index contributed by atoms with van der Waals surface area (Å²) in [5, 5.41) is 8.84.